The molecule has 0 atom stereocenters. The number of rotatable bonds is 6. The predicted octanol–water partition coefficient (Wildman–Crippen LogP) is 5.98. The number of pyridine rings is 1. The van der Waals surface area contributed by atoms with Gasteiger partial charge in [0.05, 0.1) is 17.4 Å². The number of nitrogens with zero attached hydrogens (tertiary/aromatic N) is 3. The van der Waals surface area contributed by atoms with Gasteiger partial charge >= 0.3 is 6.18 Å². The van der Waals surface area contributed by atoms with Crippen molar-refractivity contribution in [1.82, 2.24) is 14.9 Å². The van der Waals surface area contributed by atoms with Gasteiger partial charge in [-0.05, 0) is 66.1 Å². The third kappa shape index (κ3) is 5.73. The molecule has 9 heteroatoms. The zero-order valence-electron chi connectivity index (χ0n) is 20.9. The third-order valence-corrected chi connectivity index (χ3v) is 6.78. The zero-order valence-corrected chi connectivity index (χ0v) is 20.9. The number of hydrogen-bond donors (Lipinski definition) is 2. The number of halogens is 3. The van der Waals surface area contributed by atoms with Crippen molar-refractivity contribution in [2.24, 2.45) is 0 Å². The second-order valence-electron chi connectivity index (χ2n) is 9.39. The fraction of sp³-hybridized carbons (Fsp3) is 0.241. The van der Waals surface area contributed by atoms with E-state index in [-0.39, 0.29) is 5.91 Å². The van der Waals surface area contributed by atoms with Crippen LogP contribution in [0, 0.1) is 6.92 Å². The fourth-order valence-corrected chi connectivity index (χ4v) is 4.75. The van der Waals surface area contributed by atoms with Crippen LogP contribution in [0.3, 0.4) is 0 Å². The van der Waals surface area contributed by atoms with Crippen LogP contribution in [0.2, 0.25) is 0 Å². The molecule has 1 saturated heterocycles. The Morgan fingerprint density at radius 1 is 0.974 bits per heavy atom. The van der Waals surface area contributed by atoms with Gasteiger partial charge in [0, 0.05) is 50.2 Å². The molecule has 2 aromatic carbocycles. The van der Waals surface area contributed by atoms with E-state index in [0.717, 1.165) is 56.2 Å². The highest BCUT2D eigenvalue weighted by atomic mass is 19.4. The maximum atomic E-state index is 13.2. The number of nitrogens with one attached hydrogen (secondary N) is 2. The van der Waals surface area contributed by atoms with Crippen LogP contribution >= 0.6 is 0 Å². The normalized spacial score (nSPS) is 14.5. The van der Waals surface area contributed by atoms with Gasteiger partial charge in [-0.3, -0.25) is 9.69 Å². The lowest BCUT2D eigenvalue weighted by molar-refractivity contribution is -0.137. The van der Waals surface area contributed by atoms with Crippen LogP contribution in [0.15, 0.2) is 79.1 Å². The quantitative estimate of drug-likeness (QED) is 0.329. The van der Waals surface area contributed by atoms with E-state index in [0.29, 0.717) is 22.4 Å². The minimum Gasteiger partial charge on any atom is -0.364 e. The molecule has 196 valence electrons. The molecule has 0 spiro atoms. The first kappa shape index (κ1) is 25.5. The first-order valence-corrected chi connectivity index (χ1v) is 12.4. The lowest BCUT2D eigenvalue weighted by Crippen LogP contribution is -2.46. The predicted molar refractivity (Wildman–Crippen MR) is 142 cm³/mol. The molecule has 2 N–H and O–H groups in total. The van der Waals surface area contributed by atoms with Gasteiger partial charge in [0.2, 0.25) is 0 Å². The second kappa shape index (κ2) is 10.7. The number of carbonyl (C=O) groups is 1. The van der Waals surface area contributed by atoms with Crippen LogP contribution in [0.5, 0.6) is 0 Å². The third-order valence-electron chi connectivity index (χ3n) is 6.78. The van der Waals surface area contributed by atoms with Crippen molar-refractivity contribution < 1.29 is 18.0 Å². The summed E-state index contributed by atoms with van der Waals surface area (Å²) in [7, 11) is 0. The average Bonchev–Trinajstić information content (AvgIpc) is 3.42. The number of anilines is 2. The second-order valence-corrected chi connectivity index (χ2v) is 9.39. The zero-order chi connectivity index (χ0) is 26.7. The summed E-state index contributed by atoms with van der Waals surface area (Å²) in [6.07, 6.45) is -0.851. The van der Waals surface area contributed by atoms with Crippen LogP contribution < -0.4 is 10.2 Å². The molecule has 0 radical (unpaired) electrons. The van der Waals surface area contributed by atoms with Crippen LogP contribution in [0.1, 0.15) is 27.2 Å². The minimum absolute atomic E-state index is 0.351. The van der Waals surface area contributed by atoms with Crippen molar-refractivity contribution in [3.63, 3.8) is 0 Å². The van der Waals surface area contributed by atoms with Crippen LogP contribution in [0.25, 0.3) is 11.1 Å². The number of benzene rings is 2. The van der Waals surface area contributed by atoms with Gasteiger partial charge in [-0.2, -0.15) is 13.2 Å². The molecule has 4 aromatic rings. The highest BCUT2D eigenvalue weighted by molar-refractivity contribution is 6.09. The van der Waals surface area contributed by atoms with Gasteiger partial charge in [-0.15, -0.1) is 0 Å². The molecule has 0 unspecified atom stereocenters. The molecule has 0 bridgehead atoms. The van der Waals surface area contributed by atoms with Gasteiger partial charge in [-0.25, -0.2) is 4.98 Å². The van der Waals surface area contributed by atoms with E-state index in [9.17, 15) is 18.0 Å². The maximum absolute atomic E-state index is 13.2. The Kier molecular flexibility index (Phi) is 7.20. The Hall–Kier alpha value is -4.11. The van der Waals surface area contributed by atoms with Gasteiger partial charge < -0.3 is 15.2 Å². The molecule has 6 nitrogen and oxygen atoms in total. The van der Waals surface area contributed by atoms with Gasteiger partial charge in [0.25, 0.3) is 5.91 Å². The molecule has 5 rings (SSSR count). The topological polar surface area (TPSA) is 64.3 Å². The average molecular weight is 520 g/mol. The van der Waals surface area contributed by atoms with E-state index in [1.165, 1.54) is 17.8 Å². The van der Waals surface area contributed by atoms with Crippen LogP contribution in [-0.2, 0) is 12.7 Å². The van der Waals surface area contributed by atoms with E-state index in [1.54, 1.807) is 18.3 Å². The van der Waals surface area contributed by atoms with Crippen molar-refractivity contribution >= 4 is 17.4 Å². The summed E-state index contributed by atoms with van der Waals surface area (Å²) < 4.78 is 39.0. The van der Waals surface area contributed by atoms with Crippen molar-refractivity contribution in [2.75, 3.05) is 36.4 Å². The molecule has 38 heavy (non-hydrogen) atoms. The number of amides is 1. The highest BCUT2D eigenvalue weighted by Gasteiger charge is 2.30. The molecular formula is C29H28F3N5O. The van der Waals surface area contributed by atoms with E-state index < -0.39 is 11.7 Å². The van der Waals surface area contributed by atoms with Crippen LogP contribution in [-0.4, -0.2) is 47.0 Å². The maximum Gasteiger partial charge on any atom is 0.416 e. The van der Waals surface area contributed by atoms with E-state index >= 15 is 0 Å². The summed E-state index contributed by atoms with van der Waals surface area (Å²) in [5.74, 6) is 0.500. The number of aryl methyl sites for hydroxylation is 1. The molecular weight excluding hydrogens is 491 g/mol. The van der Waals surface area contributed by atoms with E-state index in [2.05, 4.69) is 31.2 Å². The van der Waals surface area contributed by atoms with Crippen molar-refractivity contribution in [3.05, 3.63) is 102 Å². The van der Waals surface area contributed by atoms with Crippen molar-refractivity contribution in [3.8, 4) is 11.1 Å². The lowest BCUT2D eigenvalue weighted by atomic mass is 9.94. The number of aromatic nitrogens is 2. The number of aromatic amines is 1. The van der Waals surface area contributed by atoms with Gasteiger partial charge in [-0.1, -0.05) is 24.3 Å². The Balaban J connectivity index is 1.25. The first-order valence-electron chi connectivity index (χ1n) is 12.4. The fourth-order valence-electron chi connectivity index (χ4n) is 4.75. The number of alkyl halides is 3. The molecule has 0 saturated carbocycles. The molecule has 2 aromatic heterocycles. The largest absolute Gasteiger partial charge is 0.416 e. The standard InChI is InChI=1S/C29H28F3N5O/c1-20-4-2-6-25(27(20)21-7-9-22(10-8-21)29(30,31)32)28(38)35-23-11-12-26(34-18-23)37-16-14-36(15-17-37)19-24-5-3-13-33-24/h2-13,18,33H,14-17,19H2,1H3,(H,35,38). The Morgan fingerprint density at radius 2 is 1.74 bits per heavy atom. The lowest BCUT2D eigenvalue weighted by Gasteiger charge is -2.35. The van der Waals surface area contributed by atoms with Crippen molar-refractivity contribution in [2.45, 2.75) is 19.6 Å². The van der Waals surface area contributed by atoms with Gasteiger partial charge in [0.1, 0.15) is 5.82 Å². The summed E-state index contributed by atoms with van der Waals surface area (Å²) >= 11 is 0. The van der Waals surface area contributed by atoms with E-state index in [4.69, 9.17) is 0 Å². The Labute approximate surface area is 219 Å². The number of H-pyrrole nitrogens is 1. The summed E-state index contributed by atoms with van der Waals surface area (Å²) in [5, 5.41) is 2.88. The molecule has 1 fully saturated rings. The smallest absolute Gasteiger partial charge is 0.364 e. The number of piperazine rings is 1. The first-order chi connectivity index (χ1) is 18.3. The highest BCUT2D eigenvalue weighted by Crippen LogP contribution is 2.33. The number of hydrogen-bond acceptors (Lipinski definition) is 4. The SMILES string of the molecule is Cc1cccc(C(=O)Nc2ccc(N3CCN(Cc4ccc[nH]4)CC3)nc2)c1-c1ccc(C(F)(F)F)cc1. The molecule has 3 heterocycles. The Bertz CT molecular complexity index is 1380. The summed E-state index contributed by atoms with van der Waals surface area (Å²) in [4.78, 5) is 25.6. The molecule has 0 aliphatic carbocycles. The Morgan fingerprint density at radius 3 is 2.37 bits per heavy atom. The van der Waals surface area contributed by atoms with E-state index in [1.807, 2.05) is 37.4 Å². The molecule has 1 aliphatic rings. The van der Waals surface area contributed by atoms with Crippen molar-refractivity contribution in [1.29, 1.82) is 0 Å². The van der Waals surface area contributed by atoms with Crippen LogP contribution in [0.4, 0.5) is 24.7 Å². The summed E-state index contributed by atoms with van der Waals surface area (Å²) in [5.41, 5.74) is 3.34. The summed E-state index contributed by atoms with van der Waals surface area (Å²) in [6.45, 7) is 6.31. The monoisotopic (exact) mass is 519 g/mol. The molecule has 1 aliphatic heterocycles. The van der Waals surface area contributed by atoms with Gasteiger partial charge in [0.15, 0.2) is 0 Å². The number of carbonyl (C=O) groups excluding carboxylic acids is 1. The summed E-state index contributed by atoms with van der Waals surface area (Å²) in [6, 6.07) is 17.9. The molecule has 1 amide bonds. The minimum atomic E-state index is -4.42.